The van der Waals surface area contributed by atoms with E-state index in [0.717, 1.165) is 5.56 Å². The zero-order valence-electron chi connectivity index (χ0n) is 9.39. The minimum absolute atomic E-state index is 0.211. The number of rotatable bonds is 4. The summed E-state index contributed by atoms with van der Waals surface area (Å²) in [6.07, 6.45) is -0.211. The molecule has 4 heteroatoms. The van der Waals surface area contributed by atoms with Gasteiger partial charge in [-0.05, 0) is 13.0 Å². The van der Waals surface area contributed by atoms with Gasteiger partial charge in [0.15, 0.2) is 11.5 Å². The average molecular weight is 223 g/mol. The van der Waals surface area contributed by atoms with Crippen LogP contribution in [0.2, 0.25) is 0 Å². The van der Waals surface area contributed by atoms with Gasteiger partial charge < -0.3 is 14.9 Å². The third kappa shape index (κ3) is 2.28. The monoisotopic (exact) mass is 223 g/mol. The van der Waals surface area contributed by atoms with Crippen molar-refractivity contribution in [2.45, 2.75) is 19.6 Å². The van der Waals surface area contributed by atoms with E-state index in [1.54, 1.807) is 6.07 Å². The van der Waals surface area contributed by atoms with E-state index in [4.69, 9.17) is 4.74 Å². The molecule has 1 fully saturated rings. The molecule has 0 unspecified atom stereocenters. The van der Waals surface area contributed by atoms with Crippen LogP contribution in [0.15, 0.2) is 18.2 Å². The van der Waals surface area contributed by atoms with Gasteiger partial charge in [-0.15, -0.1) is 0 Å². The molecule has 1 aliphatic rings. The van der Waals surface area contributed by atoms with Crippen LogP contribution in [0.1, 0.15) is 12.5 Å². The molecule has 1 aromatic rings. The summed E-state index contributed by atoms with van der Waals surface area (Å²) in [6, 6.07) is 5.51. The number of hydrogen-bond acceptors (Lipinski definition) is 4. The Morgan fingerprint density at radius 1 is 1.44 bits per heavy atom. The van der Waals surface area contributed by atoms with Crippen molar-refractivity contribution in [3.05, 3.63) is 23.8 Å². The summed E-state index contributed by atoms with van der Waals surface area (Å²) in [6.45, 7) is 4.44. The molecule has 2 N–H and O–H groups in total. The van der Waals surface area contributed by atoms with Crippen LogP contribution < -0.4 is 4.74 Å². The van der Waals surface area contributed by atoms with Crippen LogP contribution in [0.3, 0.4) is 0 Å². The number of ether oxygens (including phenoxy) is 1. The maximum Gasteiger partial charge on any atom is 0.162 e. The summed E-state index contributed by atoms with van der Waals surface area (Å²) in [4.78, 5) is 2.08. The minimum atomic E-state index is -0.211. The molecule has 0 amide bonds. The number of phenolic OH excluding ortho intramolecular Hbond substituents is 1. The third-order valence-corrected chi connectivity index (χ3v) is 2.71. The van der Waals surface area contributed by atoms with Crippen LogP contribution in [-0.2, 0) is 6.54 Å². The van der Waals surface area contributed by atoms with Crippen LogP contribution in [0.5, 0.6) is 11.5 Å². The first-order chi connectivity index (χ1) is 7.70. The highest BCUT2D eigenvalue weighted by atomic mass is 16.5. The van der Waals surface area contributed by atoms with Crippen LogP contribution in [0.25, 0.3) is 0 Å². The Labute approximate surface area is 95.1 Å². The van der Waals surface area contributed by atoms with Crippen molar-refractivity contribution in [3.63, 3.8) is 0 Å². The fourth-order valence-electron chi connectivity index (χ4n) is 1.88. The van der Waals surface area contributed by atoms with E-state index < -0.39 is 0 Å². The highest BCUT2D eigenvalue weighted by molar-refractivity contribution is 5.45. The SMILES string of the molecule is CCOc1cccc(CN2CC(O)C2)c1O. The predicted molar refractivity (Wildman–Crippen MR) is 60.6 cm³/mol. The van der Waals surface area contributed by atoms with Gasteiger partial charge in [0, 0.05) is 25.2 Å². The molecule has 0 spiro atoms. The maximum atomic E-state index is 9.94. The smallest absolute Gasteiger partial charge is 0.162 e. The first-order valence-corrected chi connectivity index (χ1v) is 5.54. The van der Waals surface area contributed by atoms with E-state index >= 15 is 0 Å². The van der Waals surface area contributed by atoms with Crippen LogP contribution >= 0.6 is 0 Å². The standard InChI is InChI=1S/C12H17NO3/c1-2-16-11-5-3-4-9(12(11)15)6-13-7-10(14)8-13/h3-5,10,14-15H,2,6-8H2,1H3. The number of hydrogen-bond donors (Lipinski definition) is 2. The number of benzene rings is 1. The Bertz CT molecular complexity index is 361. The molecule has 1 aromatic carbocycles. The summed E-state index contributed by atoms with van der Waals surface area (Å²) in [7, 11) is 0. The van der Waals surface area contributed by atoms with Gasteiger partial charge in [0.05, 0.1) is 12.7 Å². The molecule has 0 radical (unpaired) electrons. The summed E-state index contributed by atoms with van der Waals surface area (Å²) in [5.41, 5.74) is 0.845. The number of aliphatic hydroxyl groups excluding tert-OH is 1. The number of para-hydroxylation sites is 1. The molecule has 16 heavy (non-hydrogen) atoms. The second-order valence-electron chi connectivity index (χ2n) is 4.04. The first-order valence-electron chi connectivity index (χ1n) is 5.54. The Kier molecular flexibility index (Phi) is 3.31. The Balaban J connectivity index is 2.05. The van der Waals surface area contributed by atoms with Gasteiger partial charge in [0.1, 0.15) is 0 Å². The molecule has 0 aliphatic carbocycles. The quantitative estimate of drug-likeness (QED) is 0.798. The molecule has 88 valence electrons. The van der Waals surface area contributed by atoms with Crippen molar-refractivity contribution >= 4 is 0 Å². The van der Waals surface area contributed by atoms with Crippen molar-refractivity contribution in [2.75, 3.05) is 19.7 Å². The average Bonchev–Trinajstić information content (AvgIpc) is 2.22. The van der Waals surface area contributed by atoms with Crippen molar-refractivity contribution in [1.82, 2.24) is 4.90 Å². The molecule has 1 aliphatic heterocycles. The number of likely N-dealkylation sites (tertiary alicyclic amines) is 1. The van der Waals surface area contributed by atoms with Crippen molar-refractivity contribution < 1.29 is 14.9 Å². The summed E-state index contributed by atoms with van der Waals surface area (Å²) in [5, 5.41) is 19.1. The summed E-state index contributed by atoms with van der Waals surface area (Å²) in [5.74, 6) is 0.742. The molecule has 4 nitrogen and oxygen atoms in total. The van der Waals surface area contributed by atoms with Crippen molar-refractivity contribution in [3.8, 4) is 11.5 Å². The van der Waals surface area contributed by atoms with E-state index in [9.17, 15) is 10.2 Å². The zero-order chi connectivity index (χ0) is 11.5. The summed E-state index contributed by atoms with van der Waals surface area (Å²) < 4.78 is 5.31. The largest absolute Gasteiger partial charge is 0.504 e. The molecule has 1 saturated heterocycles. The minimum Gasteiger partial charge on any atom is -0.504 e. The topological polar surface area (TPSA) is 52.9 Å². The normalized spacial score (nSPS) is 17.1. The van der Waals surface area contributed by atoms with Gasteiger partial charge in [-0.3, -0.25) is 4.90 Å². The van der Waals surface area contributed by atoms with Crippen molar-refractivity contribution in [1.29, 1.82) is 0 Å². The van der Waals surface area contributed by atoms with E-state index in [0.29, 0.717) is 32.0 Å². The summed E-state index contributed by atoms with van der Waals surface area (Å²) >= 11 is 0. The number of aliphatic hydroxyl groups is 1. The highest BCUT2D eigenvalue weighted by Gasteiger charge is 2.25. The Hall–Kier alpha value is -1.26. The Morgan fingerprint density at radius 2 is 2.19 bits per heavy atom. The number of β-amino-alcohol motifs (C(OH)–C–C–N with tert-alkyl or cyclic N) is 1. The lowest BCUT2D eigenvalue weighted by Gasteiger charge is -2.35. The fourth-order valence-corrected chi connectivity index (χ4v) is 1.88. The van der Waals surface area contributed by atoms with Gasteiger partial charge in [0.25, 0.3) is 0 Å². The fraction of sp³-hybridized carbons (Fsp3) is 0.500. The maximum absolute atomic E-state index is 9.94. The van der Waals surface area contributed by atoms with Gasteiger partial charge in [-0.1, -0.05) is 12.1 Å². The second-order valence-corrected chi connectivity index (χ2v) is 4.04. The molecule has 0 aromatic heterocycles. The number of nitrogens with zero attached hydrogens (tertiary/aromatic N) is 1. The molecule has 2 rings (SSSR count). The Morgan fingerprint density at radius 3 is 2.81 bits per heavy atom. The lowest BCUT2D eigenvalue weighted by molar-refractivity contribution is -0.00326. The van der Waals surface area contributed by atoms with Gasteiger partial charge >= 0.3 is 0 Å². The van der Waals surface area contributed by atoms with Crippen molar-refractivity contribution in [2.24, 2.45) is 0 Å². The highest BCUT2D eigenvalue weighted by Crippen LogP contribution is 2.31. The number of phenols is 1. The predicted octanol–water partition coefficient (Wildman–Crippen LogP) is 0.967. The van der Waals surface area contributed by atoms with Crippen LogP contribution in [0.4, 0.5) is 0 Å². The second kappa shape index (κ2) is 4.72. The van der Waals surface area contributed by atoms with E-state index in [1.165, 1.54) is 0 Å². The third-order valence-electron chi connectivity index (χ3n) is 2.71. The van der Waals surface area contributed by atoms with Gasteiger partial charge in [-0.25, -0.2) is 0 Å². The molecule has 0 atom stereocenters. The van der Waals surface area contributed by atoms with E-state index in [2.05, 4.69) is 4.90 Å². The molecule has 1 heterocycles. The number of aromatic hydroxyl groups is 1. The zero-order valence-corrected chi connectivity index (χ0v) is 9.39. The lowest BCUT2D eigenvalue weighted by atomic mass is 10.1. The molecular weight excluding hydrogens is 206 g/mol. The molecule has 0 saturated carbocycles. The molecular formula is C12H17NO3. The van der Waals surface area contributed by atoms with Gasteiger partial charge in [-0.2, -0.15) is 0 Å². The lowest BCUT2D eigenvalue weighted by Crippen LogP contribution is -2.49. The molecule has 0 bridgehead atoms. The first kappa shape index (κ1) is 11.2. The van der Waals surface area contributed by atoms with Crippen LogP contribution in [-0.4, -0.2) is 40.9 Å². The van der Waals surface area contributed by atoms with E-state index in [-0.39, 0.29) is 11.9 Å². The van der Waals surface area contributed by atoms with E-state index in [1.807, 2.05) is 19.1 Å². The van der Waals surface area contributed by atoms with Crippen LogP contribution in [0, 0.1) is 0 Å². The van der Waals surface area contributed by atoms with Gasteiger partial charge in [0.2, 0.25) is 0 Å².